The molecule has 5 nitrogen and oxygen atoms in total. The van der Waals surface area contributed by atoms with Crippen molar-refractivity contribution in [3.8, 4) is 11.5 Å². The van der Waals surface area contributed by atoms with Crippen LogP contribution in [0.15, 0.2) is 42.5 Å². The van der Waals surface area contributed by atoms with Crippen molar-refractivity contribution in [2.24, 2.45) is 0 Å². The summed E-state index contributed by atoms with van der Waals surface area (Å²) in [4.78, 5) is 12.1. The lowest BCUT2D eigenvalue weighted by Gasteiger charge is -2.21. The highest BCUT2D eigenvalue weighted by atomic mass is 35.5. The first-order valence-electron chi connectivity index (χ1n) is 7.34. The Morgan fingerprint density at radius 1 is 1.09 bits per heavy atom. The molecule has 2 amide bonds. The summed E-state index contributed by atoms with van der Waals surface area (Å²) >= 11 is 5.82. The van der Waals surface area contributed by atoms with E-state index in [9.17, 15) is 4.79 Å². The van der Waals surface area contributed by atoms with Crippen molar-refractivity contribution in [3.05, 3.63) is 53.1 Å². The number of hydrogen-bond acceptors (Lipinski definition) is 3. The molecule has 0 fully saturated rings. The van der Waals surface area contributed by atoms with E-state index in [1.165, 1.54) is 0 Å². The second-order valence-electron chi connectivity index (χ2n) is 5.23. The molecule has 1 aliphatic heterocycles. The summed E-state index contributed by atoms with van der Waals surface area (Å²) < 4.78 is 11.1. The van der Waals surface area contributed by atoms with E-state index in [4.69, 9.17) is 21.1 Å². The van der Waals surface area contributed by atoms with Crippen molar-refractivity contribution in [3.63, 3.8) is 0 Å². The van der Waals surface area contributed by atoms with Crippen LogP contribution in [0.25, 0.3) is 0 Å². The van der Waals surface area contributed by atoms with Crippen molar-refractivity contribution in [1.29, 1.82) is 0 Å². The maximum atomic E-state index is 12.1. The summed E-state index contributed by atoms with van der Waals surface area (Å²) in [7, 11) is 0. The summed E-state index contributed by atoms with van der Waals surface area (Å²) in [5.74, 6) is 1.44. The molecule has 1 aliphatic rings. The van der Waals surface area contributed by atoms with Gasteiger partial charge in [-0.05, 0) is 48.9 Å². The fourth-order valence-electron chi connectivity index (χ4n) is 2.31. The van der Waals surface area contributed by atoms with Gasteiger partial charge in [-0.3, -0.25) is 0 Å². The lowest BCUT2D eigenvalue weighted by Crippen LogP contribution is -2.31. The summed E-state index contributed by atoms with van der Waals surface area (Å²) in [6.07, 6.45) is 0. The van der Waals surface area contributed by atoms with Crippen LogP contribution in [-0.4, -0.2) is 19.2 Å². The molecule has 1 heterocycles. The number of amides is 2. The van der Waals surface area contributed by atoms with E-state index in [0.717, 1.165) is 11.3 Å². The minimum absolute atomic E-state index is 0.168. The summed E-state index contributed by atoms with van der Waals surface area (Å²) in [6, 6.07) is 12.2. The zero-order valence-corrected chi connectivity index (χ0v) is 13.4. The van der Waals surface area contributed by atoms with Crippen LogP contribution in [0.2, 0.25) is 5.02 Å². The van der Waals surface area contributed by atoms with Gasteiger partial charge in [0.15, 0.2) is 11.5 Å². The third-order valence-electron chi connectivity index (χ3n) is 3.52. The van der Waals surface area contributed by atoms with Crippen molar-refractivity contribution in [2.75, 3.05) is 18.5 Å². The predicted molar refractivity (Wildman–Crippen MR) is 89.5 cm³/mol. The largest absolute Gasteiger partial charge is 0.486 e. The lowest BCUT2D eigenvalue weighted by atomic mass is 10.1. The summed E-state index contributed by atoms with van der Waals surface area (Å²) in [5, 5.41) is 6.28. The molecule has 6 heteroatoms. The Morgan fingerprint density at radius 2 is 1.78 bits per heavy atom. The summed E-state index contributed by atoms with van der Waals surface area (Å²) in [6.45, 7) is 3.01. The Bertz CT molecular complexity index is 703. The number of carbonyl (C=O) groups is 1. The van der Waals surface area contributed by atoms with Gasteiger partial charge in [0.25, 0.3) is 0 Å². The van der Waals surface area contributed by atoms with Gasteiger partial charge in [0.2, 0.25) is 0 Å². The standard InChI is InChI=1S/C17H17ClN2O3/c1-11(12-2-7-15-16(10-12)23-9-8-22-15)19-17(21)20-14-5-3-13(18)4-6-14/h2-7,10-11H,8-9H2,1H3,(H2,19,20,21)/t11-/m1/s1. The number of rotatable bonds is 3. The Kier molecular flexibility index (Phi) is 4.57. The Labute approximate surface area is 139 Å². The molecule has 0 bridgehead atoms. The van der Waals surface area contributed by atoms with Crippen LogP contribution in [0.5, 0.6) is 11.5 Å². The number of urea groups is 1. The number of halogens is 1. The van der Waals surface area contributed by atoms with Crippen molar-refractivity contribution in [1.82, 2.24) is 5.32 Å². The quantitative estimate of drug-likeness (QED) is 0.893. The van der Waals surface area contributed by atoms with Crippen molar-refractivity contribution in [2.45, 2.75) is 13.0 Å². The highest BCUT2D eigenvalue weighted by molar-refractivity contribution is 6.30. The molecule has 2 N–H and O–H groups in total. The highest BCUT2D eigenvalue weighted by Gasteiger charge is 2.15. The summed E-state index contributed by atoms with van der Waals surface area (Å²) in [5.41, 5.74) is 1.63. The molecule has 0 aromatic heterocycles. The molecular weight excluding hydrogens is 316 g/mol. The highest BCUT2D eigenvalue weighted by Crippen LogP contribution is 2.32. The lowest BCUT2D eigenvalue weighted by molar-refractivity contribution is 0.171. The average molecular weight is 333 g/mol. The van der Waals surface area contributed by atoms with Gasteiger partial charge < -0.3 is 20.1 Å². The second-order valence-corrected chi connectivity index (χ2v) is 5.67. The van der Waals surface area contributed by atoms with Crippen LogP contribution in [0, 0.1) is 0 Å². The monoisotopic (exact) mass is 332 g/mol. The molecular formula is C17H17ClN2O3. The van der Waals surface area contributed by atoms with E-state index in [2.05, 4.69) is 10.6 Å². The molecule has 0 aliphatic carbocycles. The van der Waals surface area contributed by atoms with Gasteiger partial charge in [-0.2, -0.15) is 0 Å². The smallest absolute Gasteiger partial charge is 0.319 e. The van der Waals surface area contributed by atoms with E-state index < -0.39 is 0 Å². The molecule has 1 atom stereocenters. The fraction of sp³-hybridized carbons (Fsp3) is 0.235. The Hall–Kier alpha value is -2.40. The predicted octanol–water partition coefficient (Wildman–Crippen LogP) is 3.99. The maximum absolute atomic E-state index is 12.1. The third-order valence-corrected chi connectivity index (χ3v) is 3.77. The van der Waals surface area contributed by atoms with Gasteiger partial charge >= 0.3 is 6.03 Å². The molecule has 2 aromatic carbocycles. The molecule has 0 radical (unpaired) electrons. The van der Waals surface area contributed by atoms with E-state index in [0.29, 0.717) is 29.7 Å². The minimum Gasteiger partial charge on any atom is -0.486 e. The van der Waals surface area contributed by atoms with Crippen LogP contribution in [0.4, 0.5) is 10.5 Å². The number of ether oxygens (including phenoxy) is 2. The minimum atomic E-state index is -0.283. The zero-order chi connectivity index (χ0) is 16.2. The normalized spacial score (nSPS) is 14.0. The molecule has 23 heavy (non-hydrogen) atoms. The fourth-order valence-corrected chi connectivity index (χ4v) is 2.44. The topological polar surface area (TPSA) is 59.6 Å². The van der Waals surface area contributed by atoms with E-state index >= 15 is 0 Å². The Morgan fingerprint density at radius 3 is 2.52 bits per heavy atom. The van der Waals surface area contributed by atoms with Crippen molar-refractivity contribution >= 4 is 23.3 Å². The van der Waals surface area contributed by atoms with Gasteiger partial charge in [-0.1, -0.05) is 17.7 Å². The van der Waals surface area contributed by atoms with Crippen LogP contribution >= 0.6 is 11.6 Å². The first-order valence-corrected chi connectivity index (χ1v) is 7.72. The van der Waals surface area contributed by atoms with Gasteiger partial charge in [0.05, 0.1) is 6.04 Å². The maximum Gasteiger partial charge on any atom is 0.319 e. The van der Waals surface area contributed by atoms with E-state index in [-0.39, 0.29) is 12.1 Å². The molecule has 0 saturated carbocycles. The zero-order valence-electron chi connectivity index (χ0n) is 12.6. The number of carbonyl (C=O) groups excluding carboxylic acids is 1. The molecule has 0 unspecified atom stereocenters. The molecule has 120 valence electrons. The molecule has 0 spiro atoms. The third kappa shape index (κ3) is 3.87. The van der Waals surface area contributed by atoms with Crippen LogP contribution < -0.4 is 20.1 Å². The SMILES string of the molecule is C[C@@H](NC(=O)Nc1ccc(Cl)cc1)c1ccc2c(c1)OCCO2. The first kappa shape index (κ1) is 15.5. The molecule has 0 saturated heterocycles. The van der Waals surface area contributed by atoms with Gasteiger partial charge in [0.1, 0.15) is 13.2 Å². The Balaban J connectivity index is 1.63. The van der Waals surface area contributed by atoms with Gasteiger partial charge in [-0.25, -0.2) is 4.79 Å². The molecule has 3 rings (SSSR count). The van der Waals surface area contributed by atoms with Gasteiger partial charge in [0, 0.05) is 10.7 Å². The van der Waals surface area contributed by atoms with Gasteiger partial charge in [-0.15, -0.1) is 0 Å². The molecule has 2 aromatic rings. The second kappa shape index (κ2) is 6.79. The van der Waals surface area contributed by atoms with Crippen LogP contribution in [-0.2, 0) is 0 Å². The van der Waals surface area contributed by atoms with Crippen molar-refractivity contribution < 1.29 is 14.3 Å². The number of nitrogens with one attached hydrogen (secondary N) is 2. The van der Waals surface area contributed by atoms with Crippen LogP contribution in [0.1, 0.15) is 18.5 Å². The van der Waals surface area contributed by atoms with Crippen LogP contribution in [0.3, 0.4) is 0 Å². The number of hydrogen-bond donors (Lipinski definition) is 2. The number of benzene rings is 2. The van der Waals surface area contributed by atoms with E-state index in [1.807, 2.05) is 25.1 Å². The average Bonchev–Trinajstić information content (AvgIpc) is 2.56. The first-order chi connectivity index (χ1) is 11.1. The number of anilines is 1. The van der Waals surface area contributed by atoms with E-state index in [1.54, 1.807) is 24.3 Å². The number of fused-ring (bicyclic) bond motifs is 1.